The first-order valence-electron chi connectivity index (χ1n) is 1.61. The molecule has 0 spiro atoms. The van der Waals surface area contributed by atoms with Gasteiger partial charge >= 0.3 is 0 Å². The highest BCUT2D eigenvalue weighted by molar-refractivity contribution is 7.08. The van der Waals surface area contributed by atoms with Gasteiger partial charge in [0.2, 0.25) is 0 Å². The Morgan fingerprint density at radius 2 is 2.29 bits per heavy atom. The molecule has 0 saturated heterocycles. The summed E-state index contributed by atoms with van der Waals surface area (Å²) in [6.45, 7) is 0. The highest BCUT2D eigenvalue weighted by Gasteiger charge is 1.93. The van der Waals surface area contributed by atoms with Crippen molar-refractivity contribution in [3.8, 4) is 0 Å². The average molecular weight is 152 g/mol. The maximum atomic E-state index is 5.47. The summed E-state index contributed by atoms with van der Waals surface area (Å²) in [7, 11) is 0. The van der Waals surface area contributed by atoms with Gasteiger partial charge in [0.15, 0.2) is 0 Å². The molecule has 1 aromatic rings. The van der Waals surface area contributed by atoms with E-state index in [0.29, 0.717) is 10.0 Å². The van der Waals surface area contributed by atoms with Gasteiger partial charge in [0.1, 0.15) is 0 Å². The van der Waals surface area contributed by atoms with E-state index in [0.717, 1.165) is 0 Å². The van der Waals surface area contributed by atoms with Crippen LogP contribution in [0.4, 0.5) is 0 Å². The number of rotatable bonds is 0. The Kier molecular flexibility index (Phi) is 1.57. The third-order valence-corrected chi connectivity index (χ3v) is 2.13. The smallest absolute Gasteiger partial charge is 0.0787 e. The highest BCUT2D eigenvalue weighted by Crippen LogP contribution is 2.23. The zero-order valence-electron chi connectivity index (χ0n) is 3.24. The molecule has 0 aromatic carbocycles. The van der Waals surface area contributed by atoms with Crippen molar-refractivity contribution in [3.05, 3.63) is 20.8 Å². The highest BCUT2D eigenvalue weighted by atomic mass is 35.5. The number of halogens is 2. The van der Waals surface area contributed by atoms with Gasteiger partial charge in [-0.15, -0.1) is 11.3 Å². The van der Waals surface area contributed by atoms with E-state index in [1.54, 1.807) is 5.38 Å². The predicted octanol–water partition coefficient (Wildman–Crippen LogP) is 2.86. The van der Waals surface area contributed by atoms with Crippen molar-refractivity contribution in [3.63, 3.8) is 0 Å². The second-order valence-corrected chi connectivity index (χ2v) is 2.46. The van der Waals surface area contributed by atoms with Crippen LogP contribution in [0.2, 0.25) is 10.0 Å². The van der Waals surface area contributed by atoms with Crippen molar-refractivity contribution < 1.29 is 0 Å². The first kappa shape index (κ1) is 5.42. The Balaban J connectivity index is 3.12. The molecule has 0 aliphatic carbocycles. The van der Waals surface area contributed by atoms with Crippen molar-refractivity contribution in [2.75, 3.05) is 0 Å². The lowest BCUT2D eigenvalue weighted by atomic mass is 10.7. The summed E-state index contributed by atoms with van der Waals surface area (Å²) >= 11 is 12.3. The minimum Gasteiger partial charge on any atom is -0.140 e. The first-order chi connectivity index (χ1) is 3.30. The van der Waals surface area contributed by atoms with E-state index in [-0.39, 0.29) is 0 Å². The summed E-state index contributed by atoms with van der Waals surface area (Å²) in [6, 6.07) is 0. The van der Waals surface area contributed by atoms with Crippen LogP contribution in [0.25, 0.3) is 0 Å². The molecule has 1 heterocycles. The standard InChI is InChI=1S/C4HCl2S/c5-3-1-7-2-4(3)6/h1H. The number of thiophene rings is 1. The molecule has 0 aliphatic heterocycles. The number of hydrogen-bond donors (Lipinski definition) is 0. The van der Waals surface area contributed by atoms with E-state index in [4.69, 9.17) is 23.2 Å². The molecule has 0 saturated carbocycles. The van der Waals surface area contributed by atoms with Gasteiger partial charge in [0.05, 0.1) is 15.4 Å². The molecular formula is C4HCl2S. The molecule has 0 unspecified atom stereocenters. The van der Waals surface area contributed by atoms with Crippen LogP contribution in [0.5, 0.6) is 0 Å². The second-order valence-electron chi connectivity index (χ2n) is 1.000. The fourth-order valence-electron chi connectivity index (χ4n) is 0.233. The zero-order valence-corrected chi connectivity index (χ0v) is 5.57. The molecule has 0 aliphatic rings. The molecule has 0 nitrogen and oxygen atoms in total. The van der Waals surface area contributed by atoms with Crippen molar-refractivity contribution in [2.45, 2.75) is 0 Å². The van der Waals surface area contributed by atoms with Crippen LogP contribution < -0.4 is 0 Å². The van der Waals surface area contributed by atoms with Crippen molar-refractivity contribution in [1.82, 2.24) is 0 Å². The van der Waals surface area contributed by atoms with Crippen molar-refractivity contribution in [1.29, 1.82) is 0 Å². The van der Waals surface area contributed by atoms with Crippen LogP contribution in [-0.2, 0) is 0 Å². The van der Waals surface area contributed by atoms with Crippen LogP contribution in [0.3, 0.4) is 0 Å². The van der Waals surface area contributed by atoms with Gasteiger partial charge in [0, 0.05) is 5.38 Å². The van der Waals surface area contributed by atoms with Crippen LogP contribution in [-0.4, -0.2) is 0 Å². The molecule has 1 rings (SSSR count). The molecule has 0 amide bonds. The second kappa shape index (κ2) is 2.03. The normalized spacial score (nSPS) is 9.43. The van der Waals surface area contributed by atoms with E-state index in [1.165, 1.54) is 11.3 Å². The van der Waals surface area contributed by atoms with Crippen LogP contribution in [0.1, 0.15) is 0 Å². The van der Waals surface area contributed by atoms with Crippen LogP contribution in [0, 0.1) is 5.38 Å². The van der Waals surface area contributed by atoms with Crippen molar-refractivity contribution in [2.24, 2.45) is 0 Å². The molecule has 3 heteroatoms. The van der Waals surface area contributed by atoms with Gasteiger partial charge in [-0.2, -0.15) is 0 Å². The molecule has 0 bridgehead atoms. The fourth-order valence-corrected chi connectivity index (χ4v) is 1.22. The number of hydrogen-bond acceptors (Lipinski definition) is 1. The molecule has 7 heavy (non-hydrogen) atoms. The Hall–Kier alpha value is 0.280. The Labute approximate surface area is 55.7 Å². The minimum atomic E-state index is 0.520. The molecule has 37 valence electrons. The van der Waals surface area contributed by atoms with E-state index in [2.05, 4.69) is 5.38 Å². The lowest BCUT2D eigenvalue weighted by molar-refractivity contribution is 1.98. The topological polar surface area (TPSA) is 0 Å². The maximum absolute atomic E-state index is 5.47. The lowest BCUT2D eigenvalue weighted by Gasteiger charge is -1.73. The van der Waals surface area contributed by atoms with Gasteiger partial charge in [-0.1, -0.05) is 23.2 Å². The van der Waals surface area contributed by atoms with Gasteiger partial charge in [-0.25, -0.2) is 0 Å². The van der Waals surface area contributed by atoms with Gasteiger partial charge in [-0.3, -0.25) is 0 Å². The molecule has 0 N–H and O–H groups in total. The van der Waals surface area contributed by atoms with Gasteiger partial charge in [0.25, 0.3) is 0 Å². The third kappa shape index (κ3) is 1.09. The fraction of sp³-hybridized carbons (Fsp3) is 0. The largest absolute Gasteiger partial charge is 0.140 e. The zero-order chi connectivity index (χ0) is 5.28. The molecular weight excluding hydrogens is 151 g/mol. The van der Waals surface area contributed by atoms with E-state index < -0.39 is 0 Å². The predicted molar refractivity (Wildman–Crippen MR) is 33.2 cm³/mol. The summed E-state index contributed by atoms with van der Waals surface area (Å²) in [5.74, 6) is 0. The first-order valence-corrected chi connectivity index (χ1v) is 3.24. The Morgan fingerprint density at radius 3 is 2.43 bits per heavy atom. The van der Waals surface area contributed by atoms with Crippen LogP contribution in [0.15, 0.2) is 5.38 Å². The summed E-state index contributed by atoms with van der Waals surface area (Å²) in [6.07, 6.45) is 0. The van der Waals surface area contributed by atoms with Crippen LogP contribution >= 0.6 is 34.5 Å². The summed E-state index contributed by atoms with van der Waals surface area (Å²) in [5.41, 5.74) is 0. The molecule has 0 fully saturated rings. The summed E-state index contributed by atoms with van der Waals surface area (Å²) < 4.78 is 0. The summed E-state index contributed by atoms with van der Waals surface area (Å²) in [5, 5.41) is 5.59. The van der Waals surface area contributed by atoms with E-state index in [1.807, 2.05) is 0 Å². The minimum absolute atomic E-state index is 0.520. The Morgan fingerprint density at radius 1 is 1.57 bits per heavy atom. The van der Waals surface area contributed by atoms with Crippen molar-refractivity contribution >= 4 is 34.5 Å². The monoisotopic (exact) mass is 151 g/mol. The average Bonchev–Trinajstić information content (AvgIpc) is 1.91. The molecule has 1 aromatic heterocycles. The summed E-state index contributed by atoms with van der Waals surface area (Å²) in [4.78, 5) is 0. The SMILES string of the molecule is Clc1[c]scc1Cl. The Bertz CT molecular complexity index is 142. The maximum Gasteiger partial charge on any atom is 0.0787 e. The van der Waals surface area contributed by atoms with E-state index in [9.17, 15) is 0 Å². The molecule has 0 atom stereocenters. The quantitative estimate of drug-likeness (QED) is 0.536. The van der Waals surface area contributed by atoms with Gasteiger partial charge in [-0.05, 0) is 0 Å². The van der Waals surface area contributed by atoms with Gasteiger partial charge < -0.3 is 0 Å². The third-order valence-electron chi connectivity index (χ3n) is 0.521. The molecule has 1 radical (unpaired) electrons. The lowest BCUT2D eigenvalue weighted by Crippen LogP contribution is -1.46. The van der Waals surface area contributed by atoms with E-state index >= 15 is 0 Å².